The molecule has 1 aromatic rings. The Bertz CT molecular complexity index is 633. The van der Waals surface area contributed by atoms with Crippen molar-refractivity contribution in [2.75, 3.05) is 12.4 Å². The number of nitrogens with zero attached hydrogens (tertiary/aromatic N) is 1. The van der Waals surface area contributed by atoms with Crippen molar-refractivity contribution in [3.8, 4) is 0 Å². The smallest absolute Gasteiger partial charge is 0.329 e. The molecule has 2 amide bonds. The Labute approximate surface area is 135 Å². The van der Waals surface area contributed by atoms with Gasteiger partial charge in [-0.05, 0) is 11.4 Å². The predicted molar refractivity (Wildman–Crippen MR) is 81.3 cm³/mol. The van der Waals surface area contributed by atoms with Gasteiger partial charge < -0.3 is 15.0 Å². The third-order valence-electron chi connectivity index (χ3n) is 4.22. The number of ether oxygens (including phenoxy) is 1. The summed E-state index contributed by atoms with van der Waals surface area (Å²) in [7, 11) is 0. The van der Waals surface area contributed by atoms with Crippen LogP contribution < -0.4 is 5.32 Å². The van der Waals surface area contributed by atoms with E-state index in [-0.39, 0.29) is 35.5 Å². The molecule has 3 aliphatic rings. The minimum Gasteiger partial charge on any atom is -0.464 e. The van der Waals surface area contributed by atoms with Crippen LogP contribution in [0.3, 0.4) is 0 Å². The second-order valence-electron chi connectivity index (χ2n) is 5.61. The van der Waals surface area contributed by atoms with Crippen LogP contribution in [-0.2, 0) is 25.5 Å². The number of carbonyl (C=O) groups excluding carboxylic acids is 3. The lowest BCUT2D eigenvalue weighted by Crippen LogP contribution is -2.75. The highest BCUT2D eigenvalue weighted by molar-refractivity contribution is 8.00. The normalized spacial score (nSPS) is 32.8. The van der Waals surface area contributed by atoms with Gasteiger partial charge in [0.1, 0.15) is 17.5 Å². The lowest BCUT2D eigenvalue weighted by Gasteiger charge is -2.52. The summed E-state index contributed by atoms with van der Waals surface area (Å²) in [6, 6.07) is 2.82. The topological polar surface area (TPSA) is 75.7 Å². The lowest BCUT2D eigenvalue weighted by molar-refractivity contribution is -0.160. The Morgan fingerprint density at radius 1 is 1.45 bits per heavy atom. The second-order valence-corrected chi connectivity index (χ2v) is 7.79. The number of cyclic esters (lactones) is 1. The number of carbonyl (C=O) groups is 3. The molecule has 0 bridgehead atoms. The number of esters is 1. The molecule has 4 rings (SSSR count). The van der Waals surface area contributed by atoms with Crippen molar-refractivity contribution in [1.82, 2.24) is 10.2 Å². The van der Waals surface area contributed by atoms with Crippen molar-refractivity contribution in [3.63, 3.8) is 0 Å². The van der Waals surface area contributed by atoms with Crippen molar-refractivity contribution < 1.29 is 19.1 Å². The summed E-state index contributed by atoms with van der Waals surface area (Å²) in [5, 5.41) is 4.57. The fourth-order valence-corrected chi connectivity index (χ4v) is 5.35. The van der Waals surface area contributed by atoms with E-state index in [0.717, 1.165) is 10.6 Å². The van der Waals surface area contributed by atoms with E-state index < -0.39 is 12.1 Å². The molecule has 116 valence electrons. The van der Waals surface area contributed by atoms with Crippen molar-refractivity contribution >= 4 is 40.9 Å². The second kappa shape index (κ2) is 5.27. The van der Waals surface area contributed by atoms with Gasteiger partial charge in [-0.15, -0.1) is 23.1 Å². The largest absolute Gasteiger partial charge is 0.464 e. The molecule has 4 heterocycles. The zero-order valence-electron chi connectivity index (χ0n) is 11.6. The van der Waals surface area contributed by atoms with Crippen molar-refractivity contribution in [3.05, 3.63) is 22.4 Å². The Hall–Kier alpha value is -1.54. The van der Waals surface area contributed by atoms with E-state index >= 15 is 0 Å². The van der Waals surface area contributed by atoms with Gasteiger partial charge in [0.2, 0.25) is 11.8 Å². The van der Waals surface area contributed by atoms with Gasteiger partial charge in [-0.3, -0.25) is 9.59 Å². The van der Waals surface area contributed by atoms with E-state index in [1.54, 1.807) is 16.7 Å². The summed E-state index contributed by atoms with van der Waals surface area (Å²) in [6.45, 7) is 0.391. The third-order valence-corrected chi connectivity index (χ3v) is 6.56. The van der Waals surface area contributed by atoms with Gasteiger partial charge in [0.15, 0.2) is 0 Å². The molecule has 1 N–H and O–H groups in total. The molecular weight excluding hydrogens is 324 g/mol. The molecule has 0 aliphatic carbocycles. The Morgan fingerprint density at radius 2 is 2.32 bits per heavy atom. The van der Waals surface area contributed by atoms with E-state index in [1.165, 1.54) is 11.3 Å². The number of hydrogen-bond donors (Lipinski definition) is 1. The minimum absolute atomic E-state index is 0.0838. The third kappa shape index (κ3) is 2.13. The Kier molecular flexibility index (Phi) is 3.37. The molecule has 0 spiro atoms. The van der Waals surface area contributed by atoms with Crippen LogP contribution >= 0.6 is 23.1 Å². The van der Waals surface area contributed by atoms with Gasteiger partial charge in [0.25, 0.3) is 0 Å². The number of thiophene rings is 1. The molecule has 0 saturated carbocycles. The molecule has 3 fully saturated rings. The zero-order valence-corrected chi connectivity index (χ0v) is 13.2. The van der Waals surface area contributed by atoms with Gasteiger partial charge in [-0.25, -0.2) is 4.79 Å². The van der Waals surface area contributed by atoms with Crippen LogP contribution in [0.1, 0.15) is 4.88 Å². The Morgan fingerprint density at radius 3 is 3.09 bits per heavy atom. The van der Waals surface area contributed by atoms with Gasteiger partial charge >= 0.3 is 5.97 Å². The van der Waals surface area contributed by atoms with Gasteiger partial charge in [0, 0.05) is 16.5 Å². The van der Waals surface area contributed by atoms with E-state index in [2.05, 4.69) is 5.32 Å². The number of thioether (sulfide) groups is 1. The summed E-state index contributed by atoms with van der Waals surface area (Å²) < 4.78 is 5.06. The fourth-order valence-electron chi connectivity index (χ4n) is 3.15. The van der Waals surface area contributed by atoms with Crippen LogP contribution in [0.4, 0.5) is 0 Å². The standard InChI is InChI=1S/C14H14N2O4S2/c17-9(4-8-2-1-3-21-8)15-10-12(18)16-11-7(5-20-14(11)19)6-22-13(10)16/h1-3,7,10-11,13H,4-6H2,(H,15,17)/t7?,10-,11?,13-/m1/s1. The van der Waals surface area contributed by atoms with Crippen LogP contribution in [0.15, 0.2) is 17.5 Å². The number of hydrogen-bond acceptors (Lipinski definition) is 6. The first kappa shape index (κ1) is 14.1. The maximum absolute atomic E-state index is 12.3. The number of fused-ring (bicyclic) bond motifs is 3. The molecule has 0 aromatic carbocycles. The van der Waals surface area contributed by atoms with Gasteiger partial charge in [0.05, 0.1) is 13.0 Å². The number of nitrogens with one attached hydrogen (secondary N) is 1. The molecule has 4 atom stereocenters. The van der Waals surface area contributed by atoms with Crippen LogP contribution in [0.25, 0.3) is 0 Å². The highest BCUT2D eigenvalue weighted by Gasteiger charge is 2.60. The van der Waals surface area contributed by atoms with E-state index in [0.29, 0.717) is 6.61 Å². The summed E-state index contributed by atoms with van der Waals surface area (Å²) >= 11 is 3.13. The maximum atomic E-state index is 12.3. The molecule has 1 aromatic heterocycles. The van der Waals surface area contributed by atoms with Crippen LogP contribution in [0, 0.1) is 5.92 Å². The number of amides is 2. The SMILES string of the molecule is O=C(Cc1cccs1)N[C@@H]1C(=O)N2C3C(=O)OCC3CS[C@H]12. The number of rotatable bonds is 3. The summed E-state index contributed by atoms with van der Waals surface area (Å²) in [6.07, 6.45) is 0.285. The van der Waals surface area contributed by atoms with E-state index in [4.69, 9.17) is 4.74 Å². The fraction of sp³-hybridized carbons (Fsp3) is 0.500. The molecule has 2 unspecified atom stereocenters. The molecule has 8 heteroatoms. The average molecular weight is 338 g/mol. The lowest BCUT2D eigenvalue weighted by atomic mass is 9.96. The zero-order chi connectivity index (χ0) is 15.3. The van der Waals surface area contributed by atoms with Gasteiger partial charge in [-0.1, -0.05) is 6.07 Å². The van der Waals surface area contributed by atoms with Gasteiger partial charge in [-0.2, -0.15) is 0 Å². The first-order valence-electron chi connectivity index (χ1n) is 7.07. The molecular formula is C14H14N2O4S2. The van der Waals surface area contributed by atoms with Crippen LogP contribution in [-0.4, -0.2) is 52.5 Å². The summed E-state index contributed by atoms with van der Waals surface area (Å²) in [4.78, 5) is 38.7. The van der Waals surface area contributed by atoms with Crippen molar-refractivity contribution in [2.24, 2.45) is 5.92 Å². The summed E-state index contributed by atoms with van der Waals surface area (Å²) in [5.74, 6) is 0.220. The maximum Gasteiger partial charge on any atom is 0.329 e. The van der Waals surface area contributed by atoms with Crippen molar-refractivity contribution in [2.45, 2.75) is 23.9 Å². The van der Waals surface area contributed by atoms with Crippen molar-refractivity contribution in [1.29, 1.82) is 0 Å². The monoisotopic (exact) mass is 338 g/mol. The minimum atomic E-state index is -0.521. The molecule has 6 nitrogen and oxygen atoms in total. The highest BCUT2D eigenvalue weighted by atomic mass is 32.2. The average Bonchev–Trinajstić information content (AvgIpc) is 3.14. The summed E-state index contributed by atoms with van der Waals surface area (Å²) in [5.41, 5.74) is 0. The first-order chi connectivity index (χ1) is 10.6. The molecule has 3 aliphatic heterocycles. The highest BCUT2D eigenvalue weighted by Crippen LogP contribution is 2.43. The molecule has 0 radical (unpaired) electrons. The number of β-lactam (4-membered cyclic amide) rings is 1. The molecule has 3 saturated heterocycles. The van der Waals surface area contributed by atoms with Crippen LogP contribution in [0.2, 0.25) is 0 Å². The molecule has 22 heavy (non-hydrogen) atoms. The quantitative estimate of drug-likeness (QED) is 0.631. The first-order valence-corrected chi connectivity index (χ1v) is 9.00. The van der Waals surface area contributed by atoms with E-state index in [1.807, 2.05) is 17.5 Å². The Balaban J connectivity index is 1.42. The van der Waals surface area contributed by atoms with Crippen LogP contribution in [0.5, 0.6) is 0 Å². The predicted octanol–water partition coefficient (Wildman–Crippen LogP) is 0.232. The van der Waals surface area contributed by atoms with E-state index in [9.17, 15) is 14.4 Å².